The number of hydrogen-bond donors (Lipinski definition) is 1. The Morgan fingerprint density at radius 3 is 1.92 bits per heavy atom. The average molecular weight is 313 g/mol. The fourth-order valence-corrected chi connectivity index (χ4v) is 3.52. The Bertz CT molecular complexity index is 1000. The summed E-state index contributed by atoms with van der Waals surface area (Å²) in [6.45, 7) is 3.69. The molecule has 3 heteroatoms. The molecule has 0 aliphatic rings. The van der Waals surface area contributed by atoms with E-state index in [0.717, 1.165) is 27.7 Å². The van der Waals surface area contributed by atoms with Crippen LogP contribution in [0.1, 0.15) is 19.4 Å². The molecule has 4 aromatic rings. The van der Waals surface area contributed by atoms with Crippen LogP contribution in [0.15, 0.2) is 66.7 Å². The van der Waals surface area contributed by atoms with Gasteiger partial charge >= 0.3 is 0 Å². The van der Waals surface area contributed by atoms with Gasteiger partial charge in [0, 0.05) is 16.3 Å². The lowest BCUT2D eigenvalue weighted by atomic mass is 9.88. The first kappa shape index (κ1) is 15.0. The quantitative estimate of drug-likeness (QED) is 0.565. The second kappa shape index (κ2) is 5.25. The molecule has 0 fully saturated rings. The van der Waals surface area contributed by atoms with E-state index in [2.05, 4.69) is 79.1 Å². The molecule has 0 radical (unpaired) electrons. The van der Waals surface area contributed by atoms with Crippen molar-refractivity contribution in [3.8, 4) is 5.69 Å². The second-order valence-corrected chi connectivity index (χ2v) is 6.95. The topological polar surface area (TPSA) is 25.2 Å². The van der Waals surface area contributed by atoms with Crippen molar-refractivity contribution in [2.45, 2.75) is 19.4 Å². The van der Waals surface area contributed by atoms with Crippen LogP contribution >= 0.6 is 0 Å². The molecule has 1 N–H and O–H groups in total. The van der Waals surface area contributed by atoms with E-state index >= 15 is 0 Å². The number of para-hydroxylation sites is 2. The van der Waals surface area contributed by atoms with Crippen LogP contribution in [-0.4, -0.2) is 17.5 Å². The minimum Gasteiger partial charge on any atom is -0.386 e. The maximum absolute atomic E-state index is 10.7. The highest BCUT2D eigenvalue weighted by atomic mass is 16.3. The van der Waals surface area contributed by atoms with Crippen molar-refractivity contribution in [1.29, 1.82) is 0 Å². The van der Waals surface area contributed by atoms with Crippen molar-refractivity contribution < 1.29 is 5.11 Å². The van der Waals surface area contributed by atoms with E-state index in [1.807, 2.05) is 13.8 Å². The number of aliphatic hydroxyl groups is 1. The standard InChI is InChI=1S/C21H20BNO/c1-21(2,24)17-13-14(22)11-12-20(17)23-18-9-5-3-7-15(18)16-8-4-6-10-19(16)23/h3-13,24H,22H2,1-2H3. The van der Waals surface area contributed by atoms with Gasteiger partial charge in [-0.2, -0.15) is 0 Å². The summed E-state index contributed by atoms with van der Waals surface area (Å²) in [6, 6.07) is 23.2. The van der Waals surface area contributed by atoms with Gasteiger partial charge in [-0.15, -0.1) is 0 Å². The summed E-state index contributed by atoms with van der Waals surface area (Å²) in [5, 5.41) is 13.2. The SMILES string of the molecule is Bc1ccc(-n2c3ccccc3c3ccccc32)c(C(C)(C)O)c1. The van der Waals surface area contributed by atoms with Crippen molar-refractivity contribution in [1.82, 2.24) is 4.57 Å². The zero-order valence-corrected chi connectivity index (χ0v) is 14.2. The largest absolute Gasteiger partial charge is 0.386 e. The number of benzene rings is 3. The van der Waals surface area contributed by atoms with E-state index in [1.54, 1.807) is 0 Å². The molecule has 0 aliphatic heterocycles. The molecule has 2 nitrogen and oxygen atoms in total. The van der Waals surface area contributed by atoms with E-state index in [9.17, 15) is 5.11 Å². The molecule has 24 heavy (non-hydrogen) atoms. The van der Waals surface area contributed by atoms with Gasteiger partial charge in [-0.05, 0) is 32.0 Å². The number of aromatic nitrogens is 1. The molecule has 0 spiro atoms. The lowest BCUT2D eigenvalue weighted by Gasteiger charge is -2.24. The summed E-state index contributed by atoms with van der Waals surface area (Å²) >= 11 is 0. The molecule has 4 rings (SSSR count). The average Bonchev–Trinajstić information content (AvgIpc) is 2.89. The predicted molar refractivity (Wildman–Crippen MR) is 104 cm³/mol. The Balaban J connectivity index is 2.18. The van der Waals surface area contributed by atoms with Crippen LogP contribution in [0.2, 0.25) is 0 Å². The number of hydrogen-bond acceptors (Lipinski definition) is 1. The minimum atomic E-state index is -0.909. The van der Waals surface area contributed by atoms with Crippen molar-refractivity contribution >= 4 is 35.1 Å². The lowest BCUT2D eigenvalue weighted by Crippen LogP contribution is -2.21. The summed E-state index contributed by atoms with van der Waals surface area (Å²) in [7, 11) is 2.06. The first-order valence-corrected chi connectivity index (χ1v) is 8.29. The second-order valence-electron chi connectivity index (χ2n) is 6.95. The van der Waals surface area contributed by atoms with Gasteiger partial charge in [0.05, 0.1) is 22.3 Å². The molecule has 0 saturated heterocycles. The summed E-state index contributed by atoms with van der Waals surface area (Å²) in [5.41, 5.74) is 4.53. The maximum Gasteiger partial charge on any atom is 0.139 e. The molecule has 0 saturated carbocycles. The van der Waals surface area contributed by atoms with Gasteiger partial charge in [0.1, 0.15) is 7.85 Å². The lowest BCUT2D eigenvalue weighted by molar-refractivity contribution is 0.0787. The highest BCUT2D eigenvalue weighted by Gasteiger charge is 2.23. The molecule has 118 valence electrons. The van der Waals surface area contributed by atoms with Gasteiger partial charge in [0.2, 0.25) is 0 Å². The first-order valence-electron chi connectivity index (χ1n) is 8.29. The van der Waals surface area contributed by atoms with Crippen molar-refractivity contribution in [2.75, 3.05) is 0 Å². The van der Waals surface area contributed by atoms with Crippen molar-refractivity contribution in [3.63, 3.8) is 0 Å². The summed E-state index contributed by atoms with van der Waals surface area (Å²) in [5.74, 6) is 0. The molecule has 1 heterocycles. The van der Waals surface area contributed by atoms with E-state index in [4.69, 9.17) is 0 Å². The van der Waals surface area contributed by atoms with Crippen LogP contribution in [0.4, 0.5) is 0 Å². The minimum absolute atomic E-state index is 0.909. The third-order valence-electron chi connectivity index (χ3n) is 4.63. The van der Waals surface area contributed by atoms with Crippen LogP contribution in [0, 0.1) is 0 Å². The zero-order chi connectivity index (χ0) is 16.9. The fourth-order valence-electron chi connectivity index (χ4n) is 3.52. The van der Waals surface area contributed by atoms with Gasteiger partial charge in [-0.1, -0.05) is 54.0 Å². The fraction of sp³-hybridized carbons (Fsp3) is 0.143. The Hall–Kier alpha value is -2.52. The molecule has 0 aliphatic carbocycles. The number of nitrogens with zero attached hydrogens (tertiary/aromatic N) is 1. The highest BCUT2D eigenvalue weighted by Crippen LogP contribution is 2.35. The van der Waals surface area contributed by atoms with Crippen LogP contribution in [0.25, 0.3) is 27.5 Å². The molecule has 3 aromatic carbocycles. The van der Waals surface area contributed by atoms with Gasteiger partial charge < -0.3 is 9.67 Å². The molecular weight excluding hydrogens is 293 g/mol. The predicted octanol–water partition coefficient (Wildman–Crippen LogP) is 3.27. The maximum atomic E-state index is 10.7. The van der Waals surface area contributed by atoms with Crippen LogP contribution in [0.5, 0.6) is 0 Å². The van der Waals surface area contributed by atoms with E-state index < -0.39 is 5.60 Å². The van der Waals surface area contributed by atoms with Gasteiger partial charge in [0.15, 0.2) is 0 Å². The normalized spacial score (nSPS) is 12.1. The summed E-state index contributed by atoms with van der Waals surface area (Å²) < 4.78 is 2.26. The molecular formula is C21H20BNO. The third-order valence-corrected chi connectivity index (χ3v) is 4.63. The zero-order valence-electron chi connectivity index (χ0n) is 14.2. The Morgan fingerprint density at radius 2 is 1.38 bits per heavy atom. The number of rotatable bonds is 2. The number of fused-ring (bicyclic) bond motifs is 3. The molecule has 0 unspecified atom stereocenters. The van der Waals surface area contributed by atoms with Crippen LogP contribution in [0.3, 0.4) is 0 Å². The van der Waals surface area contributed by atoms with Crippen LogP contribution < -0.4 is 5.46 Å². The smallest absolute Gasteiger partial charge is 0.139 e. The Kier molecular flexibility index (Phi) is 3.29. The van der Waals surface area contributed by atoms with Gasteiger partial charge in [-0.25, -0.2) is 0 Å². The summed E-state index contributed by atoms with van der Waals surface area (Å²) in [6.07, 6.45) is 0. The van der Waals surface area contributed by atoms with Crippen LogP contribution in [-0.2, 0) is 5.60 Å². The third kappa shape index (κ3) is 2.24. The molecule has 1 aromatic heterocycles. The van der Waals surface area contributed by atoms with E-state index in [0.29, 0.717) is 0 Å². The molecule has 0 amide bonds. The van der Waals surface area contributed by atoms with Gasteiger partial charge in [0.25, 0.3) is 0 Å². The van der Waals surface area contributed by atoms with Crippen molar-refractivity contribution in [3.05, 3.63) is 72.3 Å². The monoisotopic (exact) mass is 313 g/mol. The van der Waals surface area contributed by atoms with E-state index in [-0.39, 0.29) is 0 Å². The Morgan fingerprint density at radius 1 is 0.833 bits per heavy atom. The first-order chi connectivity index (χ1) is 11.5. The van der Waals surface area contributed by atoms with Gasteiger partial charge in [-0.3, -0.25) is 0 Å². The molecule has 0 atom stereocenters. The Labute approximate surface area is 142 Å². The molecule has 0 bridgehead atoms. The highest BCUT2D eigenvalue weighted by molar-refractivity contribution is 6.32. The van der Waals surface area contributed by atoms with E-state index in [1.165, 1.54) is 10.8 Å². The summed E-state index contributed by atoms with van der Waals surface area (Å²) in [4.78, 5) is 0. The van der Waals surface area contributed by atoms with Crippen molar-refractivity contribution in [2.24, 2.45) is 0 Å².